The Bertz CT molecular complexity index is 4090. The van der Waals surface area contributed by atoms with Crippen molar-refractivity contribution in [3.05, 3.63) is 60.7 Å². The second-order valence-corrected chi connectivity index (χ2v) is 41.1. The maximum atomic E-state index is 14.3. The summed E-state index contributed by atoms with van der Waals surface area (Å²) < 4.78 is 15.3. The van der Waals surface area contributed by atoms with Crippen LogP contribution < -0.4 is 69.5 Å². The quantitative estimate of drug-likeness (QED) is 0.0215. The summed E-state index contributed by atoms with van der Waals surface area (Å²) in [6.45, 7) is 47.9. The van der Waals surface area contributed by atoms with Crippen molar-refractivity contribution in [2.45, 2.75) is 258 Å². The van der Waals surface area contributed by atoms with Gasteiger partial charge in [-0.05, 0) is 131 Å². The standard InChI is InChI=1S/C35H53N7O6.C28H43N5O5.C26H46N4O6/c1-19(2)24(17-37-32(47)38-21-14-9-8-10-15-21)40-33(48)41-28(34(3,4)5)31(46)42-18-22-25(35(22,6)7)26(42)30(45)39-23(27(43)29(36)44)16-20-12-11-13-20;1-16(2)19(14-29-25(36)30-17-12-10-9-11-13-17)31-26(37)32-22(27(3,4)5)23(34)33-15-18-20(28(18,6)7)21(33)24(35)38-8;1-14(2)16(12-27-23(34)36-25(6,7)8)28-22(33)29-19(24(3,4)5)20(31)30-13-15-17(26(15,9)10)18(30)21(32)35-11/h8-10,14-15,19-20,22-26,28H,11-13,16-18H2,1-7H3,(H2,36,44)(H,39,45)(H2,37,38,47)(H2,40,41,48);9-13,16,18-22H,14-15H2,1-8H3,(H2,29,30,36)(H2,31,32,37);14-19H,12-13H2,1-11H3,(H,27,34)(H2,28,29,33)/t22-,23?,24+,25-,26-,28+;18-,19?,20-,21-,22+;15-,16?,17-,18-,19+/m000/s1. The van der Waals surface area contributed by atoms with E-state index in [0.717, 1.165) is 19.3 Å². The number of benzene rings is 2. The molecule has 33 nitrogen and oxygen atoms in total. The first-order chi connectivity index (χ1) is 56.4. The van der Waals surface area contributed by atoms with Crippen LogP contribution in [-0.2, 0) is 52.6 Å². The number of rotatable bonds is 28. The Morgan fingerprint density at radius 2 is 0.746 bits per heavy atom. The number of carbonyl (C=O) groups excluding carboxylic acids is 14. The fourth-order valence-electron chi connectivity index (χ4n) is 17.5. The van der Waals surface area contributed by atoms with Gasteiger partial charge >= 0.3 is 48.2 Å². The predicted octanol–water partition coefficient (Wildman–Crippen LogP) is 8.87. The summed E-state index contributed by atoms with van der Waals surface area (Å²) >= 11 is 0. The molecular weight excluding hydrogens is 1570 g/mol. The van der Waals surface area contributed by atoms with Crippen molar-refractivity contribution in [2.75, 3.05) is 64.1 Å². The van der Waals surface area contributed by atoms with E-state index < -0.39 is 142 Å². The van der Waals surface area contributed by atoms with E-state index in [-0.39, 0.29) is 119 Å². The highest BCUT2D eigenvalue weighted by atomic mass is 16.6. The number of primary amides is 1. The molecule has 2 aromatic rings. The number of ketones is 1. The number of anilines is 2. The Hall–Kier alpha value is -9.98. The normalized spacial score (nSPS) is 23.5. The Kier molecular flexibility index (Phi) is 32.2. The van der Waals surface area contributed by atoms with Gasteiger partial charge in [0.15, 0.2) is 0 Å². The predicted molar refractivity (Wildman–Crippen MR) is 463 cm³/mol. The largest absolute Gasteiger partial charge is 0.467 e. The summed E-state index contributed by atoms with van der Waals surface area (Å²) in [5, 5.41) is 33.8. The zero-order valence-corrected chi connectivity index (χ0v) is 76.8. The van der Waals surface area contributed by atoms with E-state index in [4.69, 9.17) is 19.9 Å². The molecule has 7 aliphatic rings. The first kappa shape index (κ1) is 99.1. The zero-order chi connectivity index (χ0) is 91.8. The minimum absolute atomic E-state index is 0.00565. The molecular formula is C89H142N16O17. The number of esters is 2. The Balaban J connectivity index is 0.000000255. The first-order valence-electron chi connectivity index (χ1n) is 43.0. The van der Waals surface area contributed by atoms with Crippen LogP contribution in [0.15, 0.2) is 60.7 Å². The molecule has 14 N–H and O–H groups in total. The van der Waals surface area contributed by atoms with Gasteiger partial charge in [-0.1, -0.05) is 201 Å². The van der Waals surface area contributed by atoms with Gasteiger partial charge in [-0.15, -0.1) is 0 Å². The third-order valence-electron chi connectivity index (χ3n) is 25.7. The molecule has 3 aliphatic heterocycles. The van der Waals surface area contributed by atoms with Crippen LogP contribution >= 0.6 is 0 Å². The number of ether oxygens (including phenoxy) is 3. The minimum Gasteiger partial charge on any atom is -0.467 e. The number of urea groups is 5. The van der Waals surface area contributed by atoms with E-state index in [9.17, 15) is 67.1 Å². The number of likely N-dealkylation sites (tertiary alicyclic amines) is 3. The second kappa shape index (κ2) is 39.7. The molecule has 4 aliphatic carbocycles. The third kappa shape index (κ3) is 25.2. The molecule has 3 heterocycles. The molecule has 16 atom stereocenters. The molecule has 4 saturated carbocycles. The molecule has 0 aromatic heterocycles. The van der Waals surface area contributed by atoms with Crippen LogP contribution in [0.4, 0.5) is 40.1 Å². The van der Waals surface area contributed by atoms with E-state index in [1.54, 1.807) is 54.8 Å². The van der Waals surface area contributed by atoms with Crippen LogP contribution in [-0.4, -0.2) is 218 Å². The number of alkyl carbamates (subject to hydrolysis) is 1. The van der Waals surface area contributed by atoms with Crippen LogP contribution in [0.2, 0.25) is 0 Å². The number of piperidine rings is 3. The lowest BCUT2D eigenvalue weighted by atomic mass is 9.80. The summed E-state index contributed by atoms with van der Waals surface area (Å²) in [6.07, 6.45) is 2.63. The summed E-state index contributed by atoms with van der Waals surface area (Å²) in [5.74, 6) is -3.60. The minimum atomic E-state index is -1.10. The maximum absolute atomic E-state index is 14.3. The molecule has 0 spiro atoms. The Morgan fingerprint density at radius 3 is 1.02 bits per heavy atom. The van der Waals surface area contributed by atoms with Crippen molar-refractivity contribution in [3.8, 4) is 0 Å². The molecule has 3 unspecified atom stereocenters. The molecule has 9 rings (SSSR count). The summed E-state index contributed by atoms with van der Waals surface area (Å²) in [4.78, 5) is 187. The lowest BCUT2D eigenvalue weighted by Crippen LogP contribution is -2.62. The topological polar surface area (TPSA) is 447 Å². The monoisotopic (exact) mass is 1710 g/mol. The molecule has 122 heavy (non-hydrogen) atoms. The van der Waals surface area contributed by atoms with E-state index in [1.807, 2.05) is 140 Å². The van der Waals surface area contributed by atoms with Gasteiger partial charge in [0, 0.05) is 62.5 Å². The van der Waals surface area contributed by atoms with Crippen molar-refractivity contribution in [1.29, 1.82) is 0 Å². The number of nitrogens with one attached hydrogen (secondary N) is 12. The highest BCUT2D eigenvalue weighted by Crippen LogP contribution is 2.67. The molecule has 680 valence electrons. The smallest absolute Gasteiger partial charge is 0.407 e. The van der Waals surface area contributed by atoms with Gasteiger partial charge in [-0.3, -0.25) is 28.8 Å². The van der Waals surface area contributed by atoms with Gasteiger partial charge < -0.3 is 98.4 Å². The fourth-order valence-corrected chi connectivity index (χ4v) is 17.5. The van der Waals surface area contributed by atoms with E-state index in [1.165, 1.54) is 19.1 Å². The highest BCUT2D eigenvalue weighted by molar-refractivity contribution is 6.38. The third-order valence-corrected chi connectivity index (χ3v) is 25.7. The van der Waals surface area contributed by atoms with Gasteiger partial charge in [0.1, 0.15) is 41.9 Å². The highest BCUT2D eigenvalue weighted by Gasteiger charge is 2.73. The Morgan fingerprint density at radius 1 is 0.434 bits per heavy atom. The van der Waals surface area contributed by atoms with E-state index in [0.29, 0.717) is 37.4 Å². The van der Waals surface area contributed by atoms with E-state index in [2.05, 4.69) is 105 Å². The van der Waals surface area contributed by atoms with Gasteiger partial charge in [0.25, 0.3) is 5.91 Å². The number of para-hydroxylation sites is 2. The van der Waals surface area contributed by atoms with Gasteiger partial charge in [0.05, 0.1) is 38.4 Å². The second-order valence-electron chi connectivity index (χ2n) is 41.1. The van der Waals surface area contributed by atoms with Crippen LogP contribution in [0.1, 0.15) is 192 Å². The SMILES string of the molecule is CC(C)[C@@H](CNC(=O)Nc1ccccc1)NC(=O)N[C@H](C(=O)N1C[C@H]2[C@@H]([C@H]1C(=O)NC(CC1CCC1)C(=O)C(N)=O)C2(C)C)C(C)(C)C.COC(=O)[C@@H]1[C@@H]2[C@H](CN1C(=O)[C@@H](NC(=O)NC(CNC(=O)Nc1ccccc1)C(C)C)C(C)(C)C)C2(C)C.COC(=O)[C@@H]1[C@@H]2[C@H](CN1C(=O)[C@@H](NC(=O)NC(CNC(=O)OC(C)(C)C)C(C)C)C(C)(C)C)C2(C)C. The maximum Gasteiger partial charge on any atom is 0.407 e. The van der Waals surface area contributed by atoms with Crippen molar-refractivity contribution >= 4 is 94.9 Å². The van der Waals surface area contributed by atoms with Gasteiger partial charge in [-0.25, -0.2) is 38.4 Å². The molecule has 0 bridgehead atoms. The molecule has 16 amide bonds. The van der Waals surface area contributed by atoms with E-state index >= 15 is 0 Å². The van der Waals surface area contributed by atoms with Crippen LogP contribution in [0.3, 0.4) is 0 Å². The number of nitrogens with zero attached hydrogens (tertiary/aromatic N) is 3. The number of hydrogen-bond acceptors (Lipinski definition) is 17. The van der Waals surface area contributed by atoms with Gasteiger partial charge in [0.2, 0.25) is 29.4 Å². The average molecular weight is 1710 g/mol. The summed E-state index contributed by atoms with van der Waals surface area (Å²) in [5.41, 5.74) is 3.81. The van der Waals surface area contributed by atoms with Crippen LogP contribution in [0, 0.1) is 91.7 Å². The number of amides is 16. The zero-order valence-electron chi connectivity index (χ0n) is 76.8. The molecule has 3 saturated heterocycles. The van der Waals surface area contributed by atoms with Crippen molar-refractivity contribution < 1.29 is 81.3 Å². The molecule has 33 heteroatoms. The molecule has 2 aromatic carbocycles. The van der Waals surface area contributed by atoms with Crippen molar-refractivity contribution in [1.82, 2.24) is 67.9 Å². The number of fused-ring (bicyclic) bond motifs is 3. The number of carbonyl (C=O) groups is 14. The Labute approximate surface area is 720 Å². The number of Topliss-reactive ketones (excluding diaryl/α,β-unsaturated/α-hetero) is 1. The van der Waals surface area contributed by atoms with Gasteiger partial charge in [-0.2, -0.15) is 0 Å². The number of hydrogen-bond donors (Lipinski definition) is 13. The van der Waals surface area contributed by atoms with Crippen LogP contribution in [0.25, 0.3) is 0 Å². The lowest BCUT2D eigenvalue weighted by Gasteiger charge is -2.38. The lowest BCUT2D eigenvalue weighted by molar-refractivity contribution is -0.154. The average Bonchev–Trinajstić information content (AvgIpc) is 1.54. The summed E-state index contributed by atoms with van der Waals surface area (Å²) in [6, 6.07) is 8.51. The molecule has 0 radical (unpaired) electrons. The van der Waals surface area contributed by atoms with Crippen LogP contribution in [0.5, 0.6) is 0 Å². The molecule has 7 fully saturated rings. The number of methoxy groups -OCH3 is 2. The number of nitrogens with two attached hydrogens (primary N) is 1. The van der Waals surface area contributed by atoms with Crippen molar-refractivity contribution in [2.24, 2.45) is 97.4 Å². The summed E-state index contributed by atoms with van der Waals surface area (Å²) in [7, 11) is 2.67. The van der Waals surface area contributed by atoms with Crippen molar-refractivity contribution in [3.63, 3.8) is 0 Å². The first-order valence-corrected chi connectivity index (χ1v) is 43.0. The fraction of sp³-hybridized carbons (Fsp3) is 0.708.